The van der Waals surface area contributed by atoms with Crippen molar-refractivity contribution in [3.8, 4) is 0 Å². The third kappa shape index (κ3) is 6.08. The summed E-state index contributed by atoms with van der Waals surface area (Å²) in [5, 5.41) is 0. The van der Waals surface area contributed by atoms with Gasteiger partial charge >= 0.3 is 21.3 Å². The van der Waals surface area contributed by atoms with Crippen LogP contribution in [0.2, 0.25) is 0 Å². The van der Waals surface area contributed by atoms with Gasteiger partial charge in [0.1, 0.15) is 0 Å². The van der Waals surface area contributed by atoms with Crippen LogP contribution in [0.3, 0.4) is 0 Å². The Bertz CT molecular complexity index is 800. The summed E-state index contributed by atoms with van der Waals surface area (Å²) < 4.78 is 86.7. The third-order valence-electron chi connectivity index (χ3n) is 3.14. The maximum Gasteiger partial charge on any atom is 0.523 e. The molecule has 0 aliphatic carbocycles. The SMILES string of the molecule is O=PC(OCc1ccccc1)(OCc1ccccc1)OS(=O)(=O)C(F)(F)F. The van der Waals surface area contributed by atoms with Crippen LogP contribution in [0, 0.1) is 0 Å². The monoisotopic (exact) mass is 422 g/mol. The maximum absolute atomic E-state index is 12.7. The van der Waals surface area contributed by atoms with Crippen LogP contribution in [0.15, 0.2) is 60.7 Å². The average molecular weight is 422 g/mol. The molecule has 0 atom stereocenters. The molecule has 0 saturated heterocycles. The van der Waals surface area contributed by atoms with E-state index in [-0.39, 0.29) is 0 Å². The van der Waals surface area contributed by atoms with Gasteiger partial charge in [0.15, 0.2) is 0 Å². The van der Waals surface area contributed by atoms with Crippen molar-refractivity contribution in [3.63, 3.8) is 0 Å². The molecule has 27 heavy (non-hydrogen) atoms. The number of ether oxygens (including phenoxy) is 2. The smallest absolute Gasteiger partial charge is 0.312 e. The Morgan fingerprint density at radius 2 is 1.22 bits per heavy atom. The number of rotatable bonds is 9. The van der Waals surface area contributed by atoms with Crippen LogP contribution in [0.25, 0.3) is 0 Å². The summed E-state index contributed by atoms with van der Waals surface area (Å²) in [6, 6.07) is 16.2. The van der Waals surface area contributed by atoms with Gasteiger partial charge in [-0.25, -0.2) is 0 Å². The van der Waals surface area contributed by atoms with Gasteiger partial charge in [-0.3, -0.25) is 4.57 Å². The van der Waals surface area contributed by atoms with E-state index >= 15 is 0 Å². The predicted molar refractivity (Wildman–Crippen MR) is 88.9 cm³/mol. The molecule has 0 spiro atoms. The molecule has 0 bridgehead atoms. The van der Waals surface area contributed by atoms with Crippen LogP contribution in [-0.4, -0.2) is 19.6 Å². The van der Waals surface area contributed by atoms with Crippen LogP contribution in [0.5, 0.6) is 0 Å². The van der Waals surface area contributed by atoms with E-state index in [0.29, 0.717) is 11.1 Å². The molecule has 146 valence electrons. The molecule has 0 aromatic heterocycles. The largest absolute Gasteiger partial charge is 0.523 e. The number of alkyl halides is 3. The number of hydrogen-bond donors (Lipinski definition) is 0. The van der Waals surface area contributed by atoms with Crippen molar-refractivity contribution in [3.05, 3.63) is 71.8 Å². The summed E-state index contributed by atoms with van der Waals surface area (Å²) in [4.78, 5) is 0. The average Bonchev–Trinajstić information content (AvgIpc) is 2.65. The lowest BCUT2D eigenvalue weighted by molar-refractivity contribution is -0.294. The van der Waals surface area contributed by atoms with E-state index in [9.17, 15) is 26.2 Å². The molecule has 0 aliphatic heterocycles. The van der Waals surface area contributed by atoms with Crippen molar-refractivity contribution in [2.45, 2.75) is 24.4 Å². The normalized spacial score (nSPS) is 13.0. The fourth-order valence-corrected chi connectivity index (χ4v) is 2.96. The van der Waals surface area contributed by atoms with Crippen molar-refractivity contribution >= 4 is 18.6 Å². The minimum Gasteiger partial charge on any atom is -0.312 e. The van der Waals surface area contributed by atoms with E-state index in [4.69, 9.17) is 9.47 Å². The van der Waals surface area contributed by atoms with Crippen LogP contribution in [0.1, 0.15) is 11.1 Å². The minimum atomic E-state index is -6.13. The molecular formula is C16H14F3O6PS. The first-order valence-electron chi connectivity index (χ1n) is 7.40. The van der Waals surface area contributed by atoms with E-state index in [1.54, 1.807) is 60.7 Å². The minimum absolute atomic E-state index is 0.405. The zero-order valence-electron chi connectivity index (χ0n) is 13.6. The highest BCUT2D eigenvalue weighted by atomic mass is 32.2. The molecule has 6 nitrogen and oxygen atoms in total. The summed E-state index contributed by atoms with van der Waals surface area (Å²) in [6.45, 7) is -0.809. The standard InChI is InChI=1S/C16H14F3O6PS/c17-15(18,19)27(21,22)25-16(26-20,23-11-13-7-3-1-4-8-13)24-12-14-9-5-2-6-10-14/h1-10H,11-12H2. The van der Waals surface area contributed by atoms with Crippen molar-refractivity contribution in [1.82, 2.24) is 0 Å². The number of benzene rings is 2. The zero-order valence-corrected chi connectivity index (χ0v) is 15.3. The second kappa shape index (κ2) is 8.90. The first-order valence-corrected chi connectivity index (χ1v) is 9.62. The van der Waals surface area contributed by atoms with Crippen molar-refractivity contribution in [1.29, 1.82) is 0 Å². The summed E-state index contributed by atoms with van der Waals surface area (Å²) in [5.41, 5.74) is -7.79. The summed E-state index contributed by atoms with van der Waals surface area (Å²) in [5.74, 6) is 0. The van der Waals surface area contributed by atoms with E-state index in [1.807, 2.05) is 0 Å². The van der Waals surface area contributed by atoms with E-state index in [0.717, 1.165) is 0 Å². The maximum atomic E-state index is 12.7. The first-order chi connectivity index (χ1) is 12.7. The fourth-order valence-electron chi connectivity index (χ4n) is 1.84. The van der Waals surface area contributed by atoms with E-state index in [2.05, 4.69) is 4.18 Å². The Hall–Kier alpha value is -1.84. The van der Waals surface area contributed by atoms with Gasteiger partial charge < -0.3 is 9.47 Å². The summed E-state index contributed by atoms with van der Waals surface area (Å²) >= 11 is 0. The Morgan fingerprint density at radius 3 is 1.56 bits per heavy atom. The molecule has 0 amide bonds. The van der Waals surface area contributed by atoms with E-state index in [1.165, 1.54) is 0 Å². The van der Waals surface area contributed by atoms with Crippen molar-refractivity contribution < 1.29 is 39.8 Å². The highest BCUT2D eigenvalue weighted by Gasteiger charge is 2.54. The molecule has 2 rings (SSSR count). The molecule has 0 aliphatic rings. The van der Waals surface area contributed by atoms with Gasteiger partial charge in [0, 0.05) is 0 Å². The van der Waals surface area contributed by atoms with Gasteiger partial charge in [-0.15, -0.1) is 0 Å². The molecule has 0 heterocycles. The van der Waals surface area contributed by atoms with E-state index < -0.39 is 43.0 Å². The Kier molecular flexibility index (Phi) is 7.07. The molecule has 2 aromatic rings. The lowest BCUT2D eigenvalue weighted by atomic mass is 10.2. The van der Waals surface area contributed by atoms with Crippen LogP contribution >= 0.6 is 8.46 Å². The summed E-state index contributed by atoms with van der Waals surface area (Å²) in [6.07, 6.45) is 0. The molecule has 0 fully saturated rings. The molecule has 0 saturated carbocycles. The van der Waals surface area contributed by atoms with Gasteiger partial charge in [0.25, 0.3) is 8.46 Å². The molecule has 11 heteroatoms. The second-order valence-electron chi connectivity index (χ2n) is 5.15. The van der Waals surface area contributed by atoms with Crippen molar-refractivity contribution in [2.24, 2.45) is 0 Å². The van der Waals surface area contributed by atoms with Crippen LogP contribution < -0.4 is 0 Å². The Balaban J connectivity index is 2.25. The van der Waals surface area contributed by atoms with Gasteiger partial charge in [0.2, 0.25) is 0 Å². The van der Waals surface area contributed by atoms with Gasteiger partial charge in [-0.1, -0.05) is 60.7 Å². The fraction of sp³-hybridized carbons (Fsp3) is 0.250. The van der Waals surface area contributed by atoms with Gasteiger partial charge in [-0.05, 0) is 11.1 Å². The van der Waals surface area contributed by atoms with Crippen molar-refractivity contribution in [2.75, 3.05) is 0 Å². The van der Waals surface area contributed by atoms with Gasteiger partial charge in [0.05, 0.1) is 13.2 Å². The molecular weight excluding hydrogens is 408 g/mol. The summed E-state index contributed by atoms with van der Waals surface area (Å²) in [7, 11) is -7.39. The van der Waals surface area contributed by atoms with Crippen LogP contribution in [-0.2, 0) is 41.6 Å². The highest BCUT2D eigenvalue weighted by Crippen LogP contribution is 2.37. The Morgan fingerprint density at radius 1 is 0.815 bits per heavy atom. The quantitative estimate of drug-likeness (QED) is 0.261. The molecule has 0 unspecified atom stereocenters. The topological polar surface area (TPSA) is 78.9 Å². The lowest BCUT2D eigenvalue weighted by Gasteiger charge is -2.26. The second-order valence-corrected chi connectivity index (χ2v) is 7.42. The molecule has 2 aromatic carbocycles. The molecule has 0 N–H and O–H groups in total. The Labute approximate surface area is 155 Å². The predicted octanol–water partition coefficient (Wildman–Crippen LogP) is 4.19. The van der Waals surface area contributed by atoms with Crippen LogP contribution in [0.4, 0.5) is 13.2 Å². The molecule has 0 radical (unpaired) electrons. The number of hydrogen-bond acceptors (Lipinski definition) is 6. The highest BCUT2D eigenvalue weighted by molar-refractivity contribution is 7.87. The third-order valence-corrected chi connectivity index (χ3v) is 4.84. The zero-order chi connectivity index (χ0) is 20.0. The number of halogens is 3. The van der Waals surface area contributed by atoms with Gasteiger partial charge in [-0.2, -0.15) is 25.8 Å². The first kappa shape index (κ1) is 21.5. The lowest BCUT2D eigenvalue weighted by Crippen LogP contribution is -2.40.